The number of anilines is 1. The number of para-hydroxylation sites is 1. The highest BCUT2D eigenvalue weighted by atomic mass is 16.5. The predicted molar refractivity (Wildman–Crippen MR) is 90.9 cm³/mol. The number of hydrogen-bond acceptors (Lipinski definition) is 3. The molecule has 0 fully saturated rings. The molecule has 0 aliphatic carbocycles. The predicted octanol–water partition coefficient (Wildman–Crippen LogP) is 3.64. The first-order valence-corrected chi connectivity index (χ1v) is 7.32. The summed E-state index contributed by atoms with van der Waals surface area (Å²) in [6.45, 7) is 5.13. The number of ketones is 1. The summed E-state index contributed by atoms with van der Waals surface area (Å²) >= 11 is 0. The van der Waals surface area contributed by atoms with Gasteiger partial charge in [0.2, 0.25) is 0 Å². The zero-order valence-corrected chi connectivity index (χ0v) is 13.0. The van der Waals surface area contributed by atoms with E-state index in [0.29, 0.717) is 23.4 Å². The first kappa shape index (κ1) is 16.5. The molecule has 0 spiro atoms. The summed E-state index contributed by atoms with van der Waals surface area (Å²) in [4.78, 5) is 23.2. The van der Waals surface area contributed by atoms with Crippen LogP contribution in [0.5, 0.6) is 5.75 Å². The minimum absolute atomic E-state index is 0.00923. The van der Waals surface area contributed by atoms with Crippen molar-refractivity contribution >= 4 is 17.4 Å². The fourth-order valence-electron chi connectivity index (χ4n) is 2.10. The number of rotatable bonds is 7. The van der Waals surface area contributed by atoms with Gasteiger partial charge in [-0.15, -0.1) is 6.58 Å². The number of benzene rings is 2. The number of carbonyl (C=O) groups is 2. The fraction of sp³-hybridized carbons (Fsp3) is 0.158. The van der Waals surface area contributed by atoms with Gasteiger partial charge in [0.05, 0.1) is 0 Å². The van der Waals surface area contributed by atoms with Gasteiger partial charge in [-0.05, 0) is 49.2 Å². The lowest BCUT2D eigenvalue weighted by Gasteiger charge is -2.10. The summed E-state index contributed by atoms with van der Waals surface area (Å²) in [5.41, 5.74) is 2.22. The number of allylic oxidation sites excluding steroid dienone is 1. The van der Waals surface area contributed by atoms with Crippen molar-refractivity contribution in [1.29, 1.82) is 0 Å². The molecular weight excluding hydrogens is 290 g/mol. The molecule has 0 bridgehead atoms. The molecule has 4 heteroatoms. The van der Waals surface area contributed by atoms with Crippen LogP contribution in [-0.2, 0) is 11.2 Å². The van der Waals surface area contributed by atoms with Gasteiger partial charge in [0.15, 0.2) is 12.4 Å². The molecule has 4 nitrogen and oxygen atoms in total. The Labute approximate surface area is 135 Å². The van der Waals surface area contributed by atoms with E-state index in [2.05, 4.69) is 11.9 Å². The average molecular weight is 309 g/mol. The van der Waals surface area contributed by atoms with Crippen LogP contribution >= 0.6 is 0 Å². The maximum absolute atomic E-state index is 12.0. The molecule has 0 aromatic heterocycles. The largest absolute Gasteiger partial charge is 0.483 e. The Hall–Kier alpha value is -2.88. The highest BCUT2D eigenvalue weighted by Gasteiger charge is 2.07. The van der Waals surface area contributed by atoms with E-state index in [1.54, 1.807) is 30.3 Å². The van der Waals surface area contributed by atoms with Crippen LogP contribution in [-0.4, -0.2) is 18.3 Å². The van der Waals surface area contributed by atoms with Crippen molar-refractivity contribution in [2.45, 2.75) is 13.3 Å². The molecule has 2 rings (SSSR count). The lowest BCUT2D eigenvalue weighted by Crippen LogP contribution is -2.20. The Kier molecular flexibility index (Phi) is 5.69. The van der Waals surface area contributed by atoms with Gasteiger partial charge >= 0.3 is 0 Å². The van der Waals surface area contributed by atoms with Crippen molar-refractivity contribution in [2.75, 3.05) is 11.9 Å². The minimum atomic E-state index is -0.256. The second-order valence-electron chi connectivity index (χ2n) is 5.07. The average Bonchev–Trinajstić information content (AvgIpc) is 2.55. The second-order valence-corrected chi connectivity index (χ2v) is 5.07. The van der Waals surface area contributed by atoms with E-state index in [-0.39, 0.29) is 18.3 Å². The van der Waals surface area contributed by atoms with Crippen molar-refractivity contribution in [3.8, 4) is 5.75 Å². The van der Waals surface area contributed by atoms with Crippen molar-refractivity contribution < 1.29 is 14.3 Å². The fourth-order valence-corrected chi connectivity index (χ4v) is 2.10. The van der Waals surface area contributed by atoms with E-state index >= 15 is 0 Å². The van der Waals surface area contributed by atoms with Crippen molar-refractivity contribution in [2.24, 2.45) is 0 Å². The number of amides is 1. The lowest BCUT2D eigenvalue weighted by molar-refractivity contribution is -0.118. The molecule has 0 aliphatic heterocycles. The van der Waals surface area contributed by atoms with E-state index < -0.39 is 0 Å². The molecule has 0 unspecified atom stereocenters. The standard InChI is InChI=1S/C19H19NO3/c1-3-6-16-7-4-5-8-18(16)23-13-19(22)20-17-11-9-15(10-12-17)14(2)21/h3-5,7-12H,1,6,13H2,2H3,(H,20,22). The van der Waals surface area contributed by atoms with Gasteiger partial charge in [0.25, 0.3) is 5.91 Å². The number of hydrogen-bond donors (Lipinski definition) is 1. The van der Waals surface area contributed by atoms with Gasteiger partial charge in [0, 0.05) is 11.3 Å². The molecular formula is C19H19NO3. The summed E-state index contributed by atoms with van der Waals surface area (Å²) in [5.74, 6) is 0.411. The maximum atomic E-state index is 12.0. The van der Waals surface area contributed by atoms with Crippen LogP contribution in [0.2, 0.25) is 0 Å². The normalized spacial score (nSPS) is 9.96. The summed E-state index contributed by atoms with van der Waals surface area (Å²) < 4.78 is 5.57. The molecule has 1 N–H and O–H groups in total. The van der Waals surface area contributed by atoms with Crippen molar-refractivity contribution in [1.82, 2.24) is 0 Å². The van der Waals surface area contributed by atoms with Crippen LogP contribution in [0.1, 0.15) is 22.8 Å². The third kappa shape index (κ3) is 4.81. The number of ether oxygens (including phenoxy) is 1. The van der Waals surface area contributed by atoms with Crippen molar-refractivity contribution in [3.63, 3.8) is 0 Å². The Bertz CT molecular complexity index is 705. The van der Waals surface area contributed by atoms with Crippen molar-refractivity contribution in [3.05, 3.63) is 72.3 Å². The zero-order valence-electron chi connectivity index (χ0n) is 13.0. The molecule has 0 saturated heterocycles. The van der Waals surface area contributed by atoms with Crippen LogP contribution in [0.4, 0.5) is 5.69 Å². The molecule has 118 valence electrons. The molecule has 0 saturated carbocycles. The zero-order chi connectivity index (χ0) is 16.7. The van der Waals surface area contributed by atoms with Gasteiger partial charge in [-0.1, -0.05) is 24.3 Å². The van der Waals surface area contributed by atoms with E-state index in [9.17, 15) is 9.59 Å². The van der Waals surface area contributed by atoms with E-state index in [1.165, 1.54) is 6.92 Å². The Balaban J connectivity index is 1.92. The molecule has 0 atom stereocenters. The molecule has 2 aromatic carbocycles. The molecule has 2 aromatic rings. The first-order valence-electron chi connectivity index (χ1n) is 7.32. The summed E-state index contributed by atoms with van der Waals surface area (Å²) in [6, 6.07) is 14.3. The number of nitrogens with one attached hydrogen (secondary N) is 1. The van der Waals surface area contributed by atoms with Crippen LogP contribution in [0.3, 0.4) is 0 Å². The summed E-state index contributed by atoms with van der Waals surface area (Å²) in [7, 11) is 0. The van der Waals surface area contributed by atoms with Crippen LogP contribution in [0, 0.1) is 0 Å². The third-order valence-corrected chi connectivity index (χ3v) is 3.27. The monoisotopic (exact) mass is 309 g/mol. The quantitative estimate of drug-likeness (QED) is 0.627. The topological polar surface area (TPSA) is 55.4 Å². The van der Waals surface area contributed by atoms with E-state index in [0.717, 1.165) is 5.56 Å². The van der Waals surface area contributed by atoms with E-state index in [1.807, 2.05) is 24.3 Å². The lowest BCUT2D eigenvalue weighted by atomic mass is 10.1. The van der Waals surface area contributed by atoms with Crippen LogP contribution < -0.4 is 10.1 Å². The molecule has 23 heavy (non-hydrogen) atoms. The highest BCUT2D eigenvalue weighted by Crippen LogP contribution is 2.18. The van der Waals surface area contributed by atoms with Gasteiger partial charge in [0.1, 0.15) is 5.75 Å². The highest BCUT2D eigenvalue weighted by molar-refractivity contribution is 5.95. The smallest absolute Gasteiger partial charge is 0.262 e. The third-order valence-electron chi connectivity index (χ3n) is 3.27. The molecule has 0 aliphatic rings. The Morgan fingerprint density at radius 1 is 1.13 bits per heavy atom. The summed E-state index contributed by atoms with van der Waals surface area (Å²) in [6.07, 6.45) is 2.48. The minimum Gasteiger partial charge on any atom is -0.483 e. The second kappa shape index (κ2) is 7.94. The summed E-state index contributed by atoms with van der Waals surface area (Å²) in [5, 5.41) is 2.73. The molecule has 0 heterocycles. The Morgan fingerprint density at radius 3 is 2.48 bits per heavy atom. The SMILES string of the molecule is C=CCc1ccccc1OCC(=O)Nc1ccc(C(C)=O)cc1. The van der Waals surface area contributed by atoms with E-state index in [4.69, 9.17) is 4.74 Å². The van der Waals surface area contributed by atoms with Gasteiger partial charge < -0.3 is 10.1 Å². The van der Waals surface area contributed by atoms with Crippen LogP contribution in [0.25, 0.3) is 0 Å². The molecule has 1 amide bonds. The van der Waals surface area contributed by atoms with Crippen LogP contribution in [0.15, 0.2) is 61.2 Å². The maximum Gasteiger partial charge on any atom is 0.262 e. The van der Waals surface area contributed by atoms with Gasteiger partial charge in [-0.3, -0.25) is 9.59 Å². The number of carbonyl (C=O) groups excluding carboxylic acids is 2. The number of Topliss-reactive ketones (excluding diaryl/α,β-unsaturated/α-hetero) is 1. The Morgan fingerprint density at radius 2 is 1.83 bits per heavy atom. The van der Waals surface area contributed by atoms with Gasteiger partial charge in [-0.2, -0.15) is 0 Å². The van der Waals surface area contributed by atoms with Gasteiger partial charge in [-0.25, -0.2) is 0 Å². The first-order chi connectivity index (χ1) is 11.1. The molecule has 0 radical (unpaired) electrons.